The zero-order chi connectivity index (χ0) is 15.6. The van der Waals surface area contributed by atoms with E-state index < -0.39 is 0 Å². The Kier molecular flexibility index (Phi) is 5.18. The summed E-state index contributed by atoms with van der Waals surface area (Å²) in [6.07, 6.45) is 8.98. The van der Waals surface area contributed by atoms with Gasteiger partial charge in [0, 0.05) is 31.6 Å². The van der Waals surface area contributed by atoms with Crippen LogP contribution in [0.4, 0.5) is 0 Å². The molecular formula is C17H33N5O. The Morgan fingerprint density at radius 1 is 1.00 bits per heavy atom. The maximum absolute atomic E-state index is 5.73. The van der Waals surface area contributed by atoms with Crippen LogP contribution >= 0.6 is 0 Å². The molecule has 6 nitrogen and oxygen atoms in total. The average molecular weight is 323 g/mol. The summed E-state index contributed by atoms with van der Waals surface area (Å²) in [5.74, 6) is 2.28. The zero-order valence-corrected chi connectivity index (χ0v) is 14.3. The molecule has 0 aromatic carbocycles. The van der Waals surface area contributed by atoms with Gasteiger partial charge in [0.2, 0.25) is 0 Å². The topological polar surface area (TPSA) is 69.4 Å². The summed E-state index contributed by atoms with van der Waals surface area (Å²) < 4.78 is 0. The molecule has 0 amide bonds. The molecule has 0 bridgehead atoms. The van der Waals surface area contributed by atoms with E-state index >= 15 is 0 Å². The van der Waals surface area contributed by atoms with Crippen molar-refractivity contribution >= 4 is 0 Å². The van der Waals surface area contributed by atoms with E-state index in [1.54, 1.807) is 0 Å². The van der Waals surface area contributed by atoms with Crippen molar-refractivity contribution in [1.82, 2.24) is 26.7 Å². The van der Waals surface area contributed by atoms with Gasteiger partial charge in [-0.15, -0.1) is 0 Å². The monoisotopic (exact) mass is 323 g/mol. The van der Waals surface area contributed by atoms with Gasteiger partial charge in [-0.25, -0.2) is 0 Å². The van der Waals surface area contributed by atoms with Gasteiger partial charge in [-0.3, -0.25) is 20.8 Å². The number of hydroxylamine groups is 1. The van der Waals surface area contributed by atoms with Crippen molar-refractivity contribution in [3.63, 3.8) is 0 Å². The van der Waals surface area contributed by atoms with Gasteiger partial charge < -0.3 is 5.32 Å². The minimum Gasteiger partial charge on any atom is -0.313 e. The summed E-state index contributed by atoms with van der Waals surface area (Å²) in [4.78, 5) is 5.73. The van der Waals surface area contributed by atoms with Crippen LogP contribution in [0.5, 0.6) is 0 Å². The number of rotatable bonds is 5. The first-order valence-corrected chi connectivity index (χ1v) is 9.67. The van der Waals surface area contributed by atoms with E-state index in [1.165, 1.54) is 38.5 Å². The van der Waals surface area contributed by atoms with E-state index in [9.17, 15) is 0 Å². The van der Waals surface area contributed by atoms with Crippen LogP contribution in [0.3, 0.4) is 0 Å². The molecule has 4 fully saturated rings. The van der Waals surface area contributed by atoms with E-state index in [0.717, 1.165) is 37.4 Å². The Bertz CT molecular complexity index is 377. The van der Waals surface area contributed by atoms with Gasteiger partial charge in [0.25, 0.3) is 0 Å². The van der Waals surface area contributed by atoms with Crippen LogP contribution in [0.2, 0.25) is 0 Å². The second-order valence-corrected chi connectivity index (χ2v) is 7.98. The molecule has 3 unspecified atom stereocenters. The Morgan fingerprint density at radius 3 is 2.48 bits per heavy atom. The predicted octanol–water partition coefficient (Wildman–Crippen LogP) is 0.476. The molecule has 4 atom stereocenters. The van der Waals surface area contributed by atoms with Crippen molar-refractivity contribution in [3.05, 3.63) is 0 Å². The Hall–Kier alpha value is -0.240. The lowest BCUT2D eigenvalue weighted by Gasteiger charge is -2.37. The van der Waals surface area contributed by atoms with Crippen molar-refractivity contribution in [2.24, 2.45) is 17.8 Å². The average Bonchev–Trinajstić information content (AvgIpc) is 3.33. The summed E-state index contributed by atoms with van der Waals surface area (Å²) >= 11 is 0. The lowest BCUT2D eigenvalue weighted by molar-refractivity contribution is 0.00481. The second kappa shape index (κ2) is 7.33. The predicted molar refractivity (Wildman–Crippen MR) is 90.4 cm³/mol. The molecule has 2 saturated heterocycles. The maximum Gasteiger partial charge on any atom is 0.133 e. The fourth-order valence-electron chi connectivity index (χ4n) is 4.46. The van der Waals surface area contributed by atoms with Gasteiger partial charge in [-0.1, -0.05) is 0 Å². The quantitative estimate of drug-likeness (QED) is 0.507. The summed E-state index contributed by atoms with van der Waals surface area (Å²) in [5.41, 5.74) is 3.26. The van der Waals surface area contributed by atoms with Crippen LogP contribution in [-0.2, 0) is 4.84 Å². The summed E-state index contributed by atoms with van der Waals surface area (Å²) in [6, 6.07) is 0.591. The van der Waals surface area contributed by atoms with Gasteiger partial charge >= 0.3 is 0 Å². The standard InChI is InChI=1S/C17H33N5O/c1-11(20-15-10-18-8-9-19-15)12-2-4-13(5-3-12)16-21-17(23-22-16)14-6-7-14/h11-22H,2-10H2,1H3/t11-,12?,13?,15?,16?,17?/m1/s1. The van der Waals surface area contributed by atoms with Gasteiger partial charge in [-0.2, -0.15) is 5.48 Å². The minimum absolute atomic E-state index is 0.267. The number of piperazine rings is 1. The Balaban J connectivity index is 1.19. The van der Waals surface area contributed by atoms with E-state index in [-0.39, 0.29) is 6.23 Å². The van der Waals surface area contributed by atoms with Crippen LogP contribution in [-0.4, -0.2) is 44.2 Å². The summed E-state index contributed by atoms with van der Waals surface area (Å²) in [7, 11) is 0. The lowest BCUT2D eigenvalue weighted by Crippen LogP contribution is -2.58. The molecule has 2 saturated carbocycles. The number of hydrogen-bond donors (Lipinski definition) is 5. The largest absolute Gasteiger partial charge is 0.313 e. The molecule has 132 valence electrons. The second-order valence-electron chi connectivity index (χ2n) is 7.98. The highest BCUT2D eigenvalue weighted by molar-refractivity contribution is 4.90. The molecule has 0 spiro atoms. The molecule has 23 heavy (non-hydrogen) atoms. The highest BCUT2D eigenvalue weighted by Gasteiger charge is 2.41. The molecule has 0 radical (unpaired) electrons. The highest BCUT2D eigenvalue weighted by Crippen LogP contribution is 2.37. The fraction of sp³-hybridized carbons (Fsp3) is 1.00. The lowest BCUT2D eigenvalue weighted by atomic mass is 9.77. The first-order chi connectivity index (χ1) is 11.3. The Morgan fingerprint density at radius 2 is 1.78 bits per heavy atom. The van der Waals surface area contributed by atoms with Crippen LogP contribution in [0.1, 0.15) is 45.4 Å². The van der Waals surface area contributed by atoms with E-state index in [4.69, 9.17) is 4.84 Å². The molecule has 4 rings (SSSR count). The third-order valence-electron chi connectivity index (χ3n) is 6.22. The Labute approximate surface area is 139 Å². The third kappa shape index (κ3) is 4.06. The van der Waals surface area contributed by atoms with Crippen molar-refractivity contribution in [2.45, 2.75) is 70.0 Å². The maximum atomic E-state index is 5.73. The number of hydrogen-bond acceptors (Lipinski definition) is 6. The fourth-order valence-corrected chi connectivity index (χ4v) is 4.46. The molecule has 4 aliphatic rings. The zero-order valence-electron chi connectivity index (χ0n) is 14.3. The molecule has 2 heterocycles. The smallest absolute Gasteiger partial charge is 0.133 e. The molecule has 2 aliphatic carbocycles. The minimum atomic E-state index is 0.267. The molecule has 0 aromatic heterocycles. The van der Waals surface area contributed by atoms with Gasteiger partial charge in [-0.05, 0) is 57.3 Å². The normalized spacial score (nSPS) is 43.4. The molecule has 5 N–H and O–H groups in total. The van der Waals surface area contributed by atoms with Crippen LogP contribution < -0.4 is 26.7 Å². The van der Waals surface area contributed by atoms with Crippen molar-refractivity contribution < 1.29 is 4.84 Å². The van der Waals surface area contributed by atoms with E-state index in [1.807, 2.05) is 0 Å². The van der Waals surface area contributed by atoms with Gasteiger partial charge in [0.05, 0.1) is 12.3 Å². The summed E-state index contributed by atoms with van der Waals surface area (Å²) in [5, 5.41) is 14.4. The highest BCUT2D eigenvalue weighted by atomic mass is 16.7. The molecule has 2 aliphatic heterocycles. The molecule has 6 heteroatoms. The molecular weight excluding hydrogens is 290 g/mol. The van der Waals surface area contributed by atoms with Crippen LogP contribution in [0, 0.1) is 17.8 Å². The third-order valence-corrected chi connectivity index (χ3v) is 6.22. The van der Waals surface area contributed by atoms with Gasteiger partial charge in [0.15, 0.2) is 0 Å². The SMILES string of the molecule is C[C@@H](NC1CNCCN1)C1CCC(C2NOC(C3CC3)N2)CC1. The van der Waals surface area contributed by atoms with Crippen LogP contribution in [0.25, 0.3) is 0 Å². The first-order valence-electron chi connectivity index (χ1n) is 9.67. The van der Waals surface area contributed by atoms with Crippen molar-refractivity contribution in [3.8, 4) is 0 Å². The van der Waals surface area contributed by atoms with Crippen LogP contribution in [0.15, 0.2) is 0 Å². The van der Waals surface area contributed by atoms with E-state index in [2.05, 4.69) is 33.7 Å². The first kappa shape index (κ1) is 16.2. The van der Waals surface area contributed by atoms with Crippen molar-refractivity contribution in [2.75, 3.05) is 19.6 Å². The number of nitrogens with one attached hydrogen (secondary N) is 5. The van der Waals surface area contributed by atoms with E-state index in [0.29, 0.717) is 18.4 Å². The molecule has 0 aromatic rings. The van der Waals surface area contributed by atoms with Crippen molar-refractivity contribution in [1.29, 1.82) is 0 Å². The van der Waals surface area contributed by atoms with Gasteiger partial charge in [0.1, 0.15) is 6.23 Å². The summed E-state index contributed by atoms with van der Waals surface area (Å²) in [6.45, 7) is 5.55.